The Hall–Kier alpha value is -2.38. The lowest BCUT2D eigenvalue weighted by Gasteiger charge is -2.19. The maximum absolute atomic E-state index is 4.48. The van der Waals surface area contributed by atoms with Crippen molar-refractivity contribution in [3.05, 3.63) is 18.0 Å². The maximum atomic E-state index is 4.48. The van der Waals surface area contributed by atoms with E-state index in [9.17, 15) is 0 Å². The Bertz CT molecular complexity index is 575. The fraction of sp³-hybridized carbons (Fsp3) is 0.538. The summed E-state index contributed by atoms with van der Waals surface area (Å²) in [6.45, 7) is 6.47. The second-order valence-corrected chi connectivity index (χ2v) is 4.50. The van der Waals surface area contributed by atoms with E-state index in [1.807, 2.05) is 17.8 Å². The lowest BCUT2D eigenvalue weighted by atomic mass is 10.4. The molecule has 0 amide bonds. The molecule has 2 heterocycles. The number of rotatable bonds is 7. The number of hydrogen-bond donors (Lipinski definition) is 2. The quantitative estimate of drug-likeness (QED) is 0.790. The molecule has 2 aromatic heterocycles. The van der Waals surface area contributed by atoms with Crippen LogP contribution in [0.4, 0.5) is 17.8 Å². The van der Waals surface area contributed by atoms with Crippen molar-refractivity contribution in [3.8, 4) is 0 Å². The molecule has 2 aromatic rings. The molecule has 0 spiro atoms. The molecule has 0 aliphatic heterocycles. The SMILES string of the molecule is CCN(CC)c1nc(NC)nc(NCc2ccnn2C)n1. The molecule has 0 aromatic carbocycles. The molecule has 0 bridgehead atoms. The molecule has 114 valence electrons. The summed E-state index contributed by atoms with van der Waals surface area (Å²) in [4.78, 5) is 15.3. The zero-order valence-electron chi connectivity index (χ0n) is 13.0. The van der Waals surface area contributed by atoms with E-state index < -0.39 is 0 Å². The van der Waals surface area contributed by atoms with Gasteiger partial charge in [-0.3, -0.25) is 4.68 Å². The van der Waals surface area contributed by atoms with E-state index in [1.165, 1.54) is 0 Å². The Morgan fingerprint density at radius 3 is 2.43 bits per heavy atom. The van der Waals surface area contributed by atoms with Crippen LogP contribution in [0.5, 0.6) is 0 Å². The van der Waals surface area contributed by atoms with Gasteiger partial charge < -0.3 is 15.5 Å². The molecule has 21 heavy (non-hydrogen) atoms. The highest BCUT2D eigenvalue weighted by Gasteiger charge is 2.10. The summed E-state index contributed by atoms with van der Waals surface area (Å²) < 4.78 is 1.82. The third kappa shape index (κ3) is 3.59. The summed E-state index contributed by atoms with van der Waals surface area (Å²) in [6.07, 6.45) is 1.77. The zero-order valence-corrected chi connectivity index (χ0v) is 13.0. The van der Waals surface area contributed by atoms with Crippen LogP contribution in [0.25, 0.3) is 0 Å². The first kappa shape index (κ1) is 15.0. The predicted octanol–water partition coefficient (Wildman–Crippen LogP) is 1.11. The summed E-state index contributed by atoms with van der Waals surface area (Å²) >= 11 is 0. The Kier molecular flexibility index (Phi) is 4.91. The standard InChI is InChI=1S/C13H22N8/c1-5-21(6-2)13-18-11(14-3)17-12(19-13)15-9-10-7-8-16-20(10)4/h7-8H,5-6,9H2,1-4H3,(H2,14,15,17,18,19). The normalized spacial score (nSPS) is 10.5. The van der Waals surface area contributed by atoms with Crippen LogP contribution >= 0.6 is 0 Å². The molecule has 0 radical (unpaired) electrons. The van der Waals surface area contributed by atoms with Gasteiger partial charge >= 0.3 is 0 Å². The van der Waals surface area contributed by atoms with E-state index in [4.69, 9.17) is 0 Å². The van der Waals surface area contributed by atoms with Crippen LogP contribution in [-0.4, -0.2) is 44.9 Å². The summed E-state index contributed by atoms with van der Waals surface area (Å²) in [5.74, 6) is 1.78. The van der Waals surface area contributed by atoms with E-state index in [2.05, 4.69) is 49.4 Å². The first-order valence-electron chi connectivity index (χ1n) is 7.07. The van der Waals surface area contributed by atoms with Crippen molar-refractivity contribution in [1.29, 1.82) is 0 Å². The van der Waals surface area contributed by atoms with Crippen molar-refractivity contribution < 1.29 is 0 Å². The van der Waals surface area contributed by atoms with Crippen molar-refractivity contribution in [1.82, 2.24) is 24.7 Å². The van der Waals surface area contributed by atoms with Gasteiger partial charge in [-0.05, 0) is 19.9 Å². The van der Waals surface area contributed by atoms with Gasteiger partial charge in [-0.1, -0.05) is 0 Å². The van der Waals surface area contributed by atoms with E-state index in [0.29, 0.717) is 24.4 Å². The van der Waals surface area contributed by atoms with E-state index in [1.54, 1.807) is 13.2 Å². The summed E-state index contributed by atoms with van der Waals surface area (Å²) in [5, 5.41) is 10.3. The highest BCUT2D eigenvalue weighted by atomic mass is 15.3. The number of anilines is 3. The minimum absolute atomic E-state index is 0.553. The van der Waals surface area contributed by atoms with Crippen LogP contribution in [0.2, 0.25) is 0 Å². The average Bonchev–Trinajstić information content (AvgIpc) is 2.91. The average molecular weight is 290 g/mol. The van der Waals surface area contributed by atoms with E-state index >= 15 is 0 Å². The summed E-state index contributed by atoms with van der Waals surface area (Å²) in [5.41, 5.74) is 1.06. The molecule has 0 saturated carbocycles. The topological polar surface area (TPSA) is 83.8 Å². The Balaban J connectivity index is 2.18. The van der Waals surface area contributed by atoms with Crippen LogP contribution in [-0.2, 0) is 13.6 Å². The van der Waals surface area contributed by atoms with Gasteiger partial charge in [-0.25, -0.2) is 0 Å². The van der Waals surface area contributed by atoms with Gasteiger partial charge in [0.1, 0.15) is 0 Å². The van der Waals surface area contributed by atoms with Crippen LogP contribution in [0.15, 0.2) is 12.3 Å². The fourth-order valence-electron chi connectivity index (χ4n) is 1.95. The smallest absolute Gasteiger partial charge is 0.231 e. The molecule has 0 unspecified atom stereocenters. The number of aryl methyl sites for hydroxylation is 1. The van der Waals surface area contributed by atoms with Gasteiger partial charge in [-0.15, -0.1) is 0 Å². The third-order valence-electron chi connectivity index (χ3n) is 3.24. The van der Waals surface area contributed by atoms with Crippen LogP contribution in [0, 0.1) is 0 Å². The Morgan fingerprint density at radius 2 is 1.86 bits per heavy atom. The molecular weight excluding hydrogens is 268 g/mol. The Morgan fingerprint density at radius 1 is 1.14 bits per heavy atom. The van der Waals surface area contributed by atoms with Crippen molar-refractivity contribution in [2.45, 2.75) is 20.4 Å². The third-order valence-corrected chi connectivity index (χ3v) is 3.24. The molecule has 0 aliphatic carbocycles. The molecule has 0 saturated heterocycles. The van der Waals surface area contributed by atoms with Gasteiger partial charge in [0.05, 0.1) is 12.2 Å². The van der Waals surface area contributed by atoms with Gasteiger partial charge in [0.25, 0.3) is 0 Å². The summed E-state index contributed by atoms with van der Waals surface area (Å²) in [6, 6.07) is 1.96. The van der Waals surface area contributed by atoms with E-state index in [-0.39, 0.29) is 0 Å². The largest absolute Gasteiger partial charge is 0.357 e. The summed E-state index contributed by atoms with van der Waals surface area (Å²) in [7, 11) is 3.71. The van der Waals surface area contributed by atoms with E-state index in [0.717, 1.165) is 18.8 Å². The van der Waals surface area contributed by atoms with Gasteiger partial charge in [0.15, 0.2) is 0 Å². The molecule has 0 aliphatic rings. The van der Waals surface area contributed by atoms with Crippen LogP contribution in [0.3, 0.4) is 0 Å². The van der Waals surface area contributed by atoms with Gasteiger partial charge in [0.2, 0.25) is 17.8 Å². The second kappa shape index (κ2) is 6.87. The molecule has 8 nitrogen and oxygen atoms in total. The van der Waals surface area contributed by atoms with Crippen LogP contribution < -0.4 is 15.5 Å². The van der Waals surface area contributed by atoms with Crippen molar-refractivity contribution in [3.63, 3.8) is 0 Å². The second-order valence-electron chi connectivity index (χ2n) is 4.50. The predicted molar refractivity (Wildman–Crippen MR) is 83.5 cm³/mol. The first-order valence-corrected chi connectivity index (χ1v) is 7.07. The molecule has 2 rings (SSSR count). The molecular formula is C13H22N8. The van der Waals surface area contributed by atoms with Gasteiger partial charge in [0, 0.05) is 33.4 Å². The number of nitrogens with zero attached hydrogens (tertiary/aromatic N) is 6. The number of aromatic nitrogens is 5. The highest BCUT2D eigenvalue weighted by Crippen LogP contribution is 2.13. The molecule has 0 atom stereocenters. The van der Waals surface area contributed by atoms with Gasteiger partial charge in [-0.2, -0.15) is 20.1 Å². The Labute approximate surface area is 124 Å². The zero-order chi connectivity index (χ0) is 15.2. The minimum Gasteiger partial charge on any atom is -0.357 e. The van der Waals surface area contributed by atoms with Crippen molar-refractivity contribution >= 4 is 17.8 Å². The monoisotopic (exact) mass is 290 g/mol. The van der Waals surface area contributed by atoms with Crippen molar-refractivity contribution in [2.24, 2.45) is 7.05 Å². The highest BCUT2D eigenvalue weighted by molar-refractivity contribution is 5.43. The lowest BCUT2D eigenvalue weighted by molar-refractivity contribution is 0.718. The number of hydrogen-bond acceptors (Lipinski definition) is 7. The molecule has 2 N–H and O–H groups in total. The molecule has 8 heteroatoms. The maximum Gasteiger partial charge on any atom is 0.231 e. The van der Waals surface area contributed by atoms with Crippen molar-refractivity contribution in [2.75, 3.05) is 35.7 Å². The first-order chi connectivity index (χ1) is 10.2. The fourth-order valence-corrected chi connectivity index (χ4v) is 1.95. The van der Waals surface area contributed by atoms with Crippen LogP contribution in [0.1, 0.15) is 19.5 Å². The lowest BCUT2D eigenvalue weighted by Crippen LogP contribution is -2.25. The minimum atomic E-state index is 0.553. The molecule has 0 fully saturated rings. The number of nitrogens with one attached hydrogen (secondary N) is 2.